The van der Waals surface area contributed by atoms with E-state index in [-0.39, 0.29) is 11.4 Å². The summed E-state index contributed by atoms with van der Waals surface area (Å²) in [6, 6.07) is 3.47. The van der Waals surface area contributed by atoms with E-state index in [1.165, 1.54) is 6.07 Å². The third-order valence-corrected chi connectivity index (χ3v) is 5.05. The van der Waals surface area contributed by atoms with Gasteiger partial charge in [0.2, 0.25) is 17.6 Å². The summed E-state index contributed by atoms with van der Waals surface area (Å²) in [6.07, 6.45) is 2.59. The second-order valence-electron chi connectivity index (χ2n) is 6.57. The molecule has 2 bridgehead atoms. The number of carbonyl (C=O) groups is 3. The van der Waals surface area contributed by atoms with Crippen LogP contribution in [0.2, 0.25) is 0 Å². The van der Waals surface area contributed by atoms with Gasteiger partial charge in [-0.3, -0.25) is 24.5 Å². The lowest BCUT2D eigenvalue weighted by Crippen LogP contribution is -2.43. The maximum Gasteiger partial charge on any atom is 0.313 e. The van der Waals surface area contributed by atoms with Crippen molar-refractivity contribution in [2.24, 2.45) is 11.8 Å². The van der Waals surface area contributed by atoms with Crippen molar-refractivity contribution in [2.75, 3.05) is 11.5 Å². The Morgan fingerprint density at radius 3 is 2.78 bits per heavy atom. The smallest absolute Gasteiger partial charge is 0.313 e. The van der Waals surface area contributed by atoms with E-state index in [0.717, 1.165) is 24.0 Å². The molecule has 27 heavy (non-hydrogen) atoms. The van der Waals surface area contributed by atoms with Gasteiger partial charge >= 0.3 is 11.7 Å². The minimum atomic E-state index is -1.25. The van der Waals surface area contributed by atoms with Gasteiger partial charge < -0.3 is 14.6 Å². The van der Waals surface area contributed by atoms with Crippen molar-refractivity contribution in [1.82, 2.24) is 0 Å². The number of nitro groups is 1. The number of aliphatic hydroxyl groups is 1. The molecular weight excluding hydrogens is 360 g/mol. The number of nitrogens with zero attached hydrogens (tertiary/aromatic N) is 2. The highest BCUT2D eigenvalue weighted by atomic mass is 16.6. The molecule has 3 heterocycles. The standard InChI is InChI=1S/C17H14N2O8/c1-8(21)26-11-3-2-9(6-10(11)19(24)25)18-15(22)13-12-4-5-17(7-20,27-12)14(13)16(18)23/h2-6,12-14,20H,7H2,1H3/t12-,13+,14+,17+/m1/s1. The van der Waals surface area contributed by atoms with Crippen molar-refractivity contribution < 1.29 is 33.9 Å². The molecule has 0 aromatic heterocycles. The number of amides is 2. The molecule has 4 atom stereocenters. The zero-order chi connectivity index (χ0) is 19.5. The predicted octanol–water partition coefficient (Wildman–Crippen LogP) is 0.325. The molecule has 3 aliphatic heterocycles. The topological polar surface area (TPSA) is 136 Å². The molecule has 0 unspecified atom stereocenters. The molecular formula is C17H14N2O8. The first kappa shape index (κ1) is 17.3. The van der Waals surface area contributed by atoms with Crippen LogP contribution in [0.5, 0.6) is 5.75 Å². The van der Waals surface area contributed by atoms with Gasteiger partial charge in [0.05, 0.1) is 35.2 Å². The van der Waals surface area contributed by atoms with Gasteiger partial charge in [0, 0.05) is 13.0 Å². The first-order valence-electron chi connectivity index (χ1n) is 8.12. The second-order valence-corrected chi connectivity index (χ2v) is 6.57. The van der Waals surface area contributed by atoms with Gasteiger partial charge in [-0.15, -0.1) is 0 Å². The lowest BCUT2D eigenvalue weighted by molar-refractivity contribution is -0.385. The van der Waals surface area contributed by atoms with Crippen molar-refractivity contribution in [1.29, 1.82) is 0 Å². The average molecular weight is 374 g/mol. The van der Waals surface area contributed by atoms with Gasteiger partial charge in [0.1, 0.15) is 5.60 Å². The summed E-state index contributed by atoms with van der Waals surface area (Å²) in [6.45, 7) is 0.642. The van der Waals surface area contributed by atoms with Crippen LogP contribution in [0.4, 0.5) is 11.4 Å². The Morgan fingerprint density at radius 2 is 2.15 bits per heavy atom. The molecule has 10 nitrogen and oxygen atoms in total. The van der Waals surface area contributed by atoms with E-state index >= 15 is 0 Å². The summed E-state index contributed by atoms with van der Waals surface area (Å²) in [5.41, 5.74) is -1.80. The molecule has 1 aromatic carbocycles. The quantitative estimate of drug-likeness (QED) is 0.199. The highest BCUT2D eigenvalue weighted by Crippen LogP contribution is 2.52. The fourth-order valence-corrected chi connectivity index (χ4v) is 3.97. The molecule has 2 amide bonds. The van der Waals surface area contributed by atoms with E-state index in [2.05, 4.69) is 0 Å². The van der Waals surface area contributed by atoms with Gasteiger partial charge in [-0.05, 0) is 12.1 Å². The molecule has 2 saturated heterocycles. The predicted molar refractivity (Wildman–Crippen MR) is 87.7 cm³/mol. The Bertz CT molecular complexity index is 926. The molecule has 4 rings (SSSR count). The Labute approximate surface area is 152 Å². The van der Waals surface area contributed by atoms with Gasteiger partial charge in [0.15, 0.2) is 0 Å². The van der Waals surface area contributed by atoms with Gasteiger partial charge in [0.25, 0.3) is 0 Å². The number of imide groups is 1. The number of rotatable bonds is 4. The maximum absolute atomic E-state index is 12.9. The number of nitro benzene ring substituents is 1. The zero-order valence-corrected chi connectivity index (χ0v) is 14.0. The zero-order valence-electron chi connectivity index (χ0n) is 14.0. The maximum atomic E-state index is 12.9. The number of hydrogen-bond donors (Lipinski definition) is 1. The number of anilines is 1. The van der Waals surface area contributed by atoms with Crippen LogP contribution in [0.15, 0.2) is 30.4 Å². The van der Waals surface area contributed by atoms with E-state index in [9.17, 15) is 29.6 Å². The molecule has 10 heteroatoms. The van der Waals surface area contributed by atoms with E-state index in [0.29, 0.717) is 0 Å². The van der Waals surface area contributed by atoms with Crippen LogP contribution in [0.1, 0.15) is 6.92 Å². The fourth-order valence-electron chi connectivity index (χ4n) is 3.97. The van der Waals surface area contributed by atoms with Gasteiger partial charge in [-0.25, -0.2) is 4.90 Å². The van der Waals surface area contributed by atoms with Crippen LogP contribution in [-0.2, 0) is 19.1 Å². The Balaban J connectivity index is 1.74. The molecule has 1 aromatic rings. The minimum Gasteiger partial charge on any atom is -0.419 e. The highest BCUT2D eigenvalue weighted by molar-refractivity contribution is 6.23. The first-order chi connectivity index (χ1) is 12.8. The SMILES string of the molecule is CC(=O)Oc1ccc(N2C(=O)[C@@H]3[C@@H](C2=O)[C@@]2(CO)C=C[C@H]3O2)cc1[N+](=O)[O-]. The molecule has 0 aliphatic carbocycles. The van der Waals surface area contributed by atoms with E-state index < -0.39 is 58.5 Å². The van der Waals surface area contributed by atoms with Crippen LogP contribution < -0.4 is 9.64 Å². The van der Waals surface area contributed by atoms with Crippen molar-refractivity contribution in [3.05, 3.63) is 40.5 Å². The molecule has 1 N–H and O–H groups in total. The normalized spacial score (nSPS) is 30.7. The molecule has 3 aliphatic rings. The summed E-state index contributed by atoms with van der Waals surface area (Å²) in [4.78, 5) is 48.3. The van der Waals surface area contributed by atoms with Crippen LogP contribution >= 0.6 is 0 Å². The lowest BCUT2D eigenvalue weighted by Gasteiger charge is -2.26. The first-order valence-corrected chi connectivity index (χ1v) is 8.12. The molecule has 2 fully saturated rings. The van der Waals surface area contributed by atoms with Crippen LogP contribution in [0.25, 0.3) is 0 Å². The molecule has 0 radical (unpaired) electrons. The van der Waals surface area contributed by atoms with Crippen molar-refractivity contribution >= 4 is 29.2 Å². The minimum absolute atomic E-state index is 0.00510. The molecule has 0 spiro atoms. The van der Waals surface area contributed by atoms with Crippen LogP contribution in [-0.4, -0.2) is 46.1 Å². The van der Waals surface area contributed by atoms with E-state index in [1.54, 1.807) is 12.2 Å². The number of hydrogen-bond acceptors (Lipinski definition) is 8. The number of carbonyl (C=O) groups excluding carboxylic acids is 3. The second kappa shape index (κ2) is 5.69. The van der Waals surface area contributed by atoms with E-state index in [4.69, 9.17) is 9.47 Å². The van der Waals surface area contributed by atoms with Crippen molar-refractivity contribution in [3.8, 4) is 5.75 Å². The van der Waals surface area contributed by atoms with Crippen LogP contribution in [0, 0.1) is 22.0 Å². The average Bonchev–Trinajstić information content (AvgIpc) is 3.26. The van der Waals surface area contributed by atoms with Gasteiger partial charge in [-0.1, -0.05) is 12.2 Å². The number of esters is 1. The summed E-state index contributed by atoms with van der Waals surface area (Å²) < 4.78 is 10.4. The Kier molecular flexibility index (Phi) is 3.65. The monoisotopic (exact) mass is 374 g/mol. The summed E-state index contributed by atoms with van der Waals surface area (Å²) in [5.74, 6) is -3.85. The van der Waals surface area contributed by atoms with Crippen molar-refractivity contribution in [3.63, 3.8) is 0 Å². The molecule has 0 saturated carbocycles. The Hall–Kier alpha value is -3.11. The van der Waals surface area contributed by atoms with Gasteiger partial charge in [-0.2, -0.15) is 0 Å². The highest BCUT2D eigenvalue weighted by Gasteiger charge is 2.67. The number of aliphatic hydroxyl groups excluding tert-OH is 1. The summed E-state index contributed by atoms with van der Waals surface area (Å²) in [7, 11) is 0. The fraction of sp³-hybridized carbons (Fsp3) is 0.353. The lowest BCUT2D eigenvalue weighted by atomic mass is 9.77. The van der Waals surface area contributed by atoms with Crippen molar-refractivity contribution in [2.45, 2.75) is 18.6 Å². The number of benzene rings is 1. The molecule has 140 valence electrons. The third-order valence-electron chi connectivity index (χ3n) is 5.05. The number of fused-ring (bicyclic) bond motifs is 5. The van der Waals surface area contributed by atoms with E-state index in [1.807, 2.05) is 0 Å². The number of ether oxygens (including phenoxy) is 2. The largest absolute Gasteiger partial charge is 0.419 e. The third kappa shape index (κ3) is 2.30. The summed E-state index contributed by atoms with van der Waals surface area (Å²) in [5, 5.41) is 21.0. The summed E-state index contributed by atoms with van der Waals surface area (Å²) >= 11 is 0. The van der Waals surface area contributed by atoms with Crippen LogP contribution in [0.3, 0.4) is 0 Å². The Morgan fingerprint density at radius 1 is 1.41 bits per heavy atom.